The number of aliphatic hydroxyl groups excluding tert-OH is 1. The molecule has 1 saturated heterocycles. The maximum atomic E-state index is 9.95. The second-order valence-electron chi connectivity index (χ2n) is 3.08. The van der Waals surface area contributed by atoms with Gasteiger partial charge in [-0.25, -0.2) is 4.98 Å². The minimum atomic E-state index is -0.427. The number of thiazole rings is 1. The molecule has 2 heterocycles. The molecule has 1 N–H and O–H groups in total. The molecule has 0 aliphatic carbocycles. The summed E-state index contributed by atoms with van der Waals surface area (Å²) in [5.74, 6) is 0.233. The molecular weight excluding hydrogens is 254 g/mol. The van der Waals surface area contributed by atoms with Gasteiger partial charge in [0.05, 0.1) is 23.1 Å². The fraction of sp³-hybridized carbons (Fsp3) is 0.625. The Labute approximate surface area is 88.9 Å². The van der Waals surface area contributed by atoms with Gasteiger partial charge < -0.3 is 9.84 Å². The van der Waals surface area contributed by atoms with Gasteiger partial charge in [0.1, 0.15) is 4.60 Å². The van der Waals surface area contributed by atoms with E-state index in [4.69, 9.17) is 4.74 Å². The quantitative estimate of drug-likeness (QED) is 0.888. The summed E-state index contributed by atoms with van der Waals surface area (Å²) in [5.41, 5.74) is 1.73. The summed E-state index contributed by atoms with van der Waals surface area (Å²) in [4.78, 5) is 4.96. The van der Waals surface area contributed by atoms with E-state index in [9.17, 15) is 5.11 Å². The first-order valence-corrected chi connectivity index (χ1v) is 5.81. The predicted octanol–water partition coefficient (Wildman–Crippen LogP) is 1.98. The zero-order chi connectivity index (χ0) is 9.26. The molecule has 0 spiro atoms. The zero-order valence-corrected chi connectivity index (χ0v) is 9.34. The number of aliphatic hydroxyl groups is 1. The number of nitrogens with zero attached hydrogens (tertiary/aromatic N) is 1. The standard InChI is InChI=1S/C8H10BrNO2S/c9-8-7(13-4-10-8)6(11)5-1-2-12-3-5/h4-6,11H,1-3H2. The van der Waals surface area contributed by atoms with Crippen molar-refractivity contribution in [2.45, 2.75) is 12.5 Å². The lowest BCUT2D eigenvalue weighted by Gasteiger charge is -2.14. The van der Waals surface area contributed by atoms with Gasteiger partial charge in [-0.1, -0.05) is 0 Å². The highest BCUT2D eigenvalue weighted by atomic mass is 79.9. The Balaban J connectivity index is 2.12. The molecule has 2 rings (SSSR count). The van der Waals surface area contributed by atoms with E-state index in [1.165, 1.54) is 11.3 Å². The molecule has 2 unspecified atom stereocenters. The average molecular weight is 264 g/mol. The van der Waals surface area contributed by atoms with Crippen LogP contribution in [0.2, 0.25) is 0 Å². The van der Waals surface area contributed by atoms with Gasteiger partial charge in [-0.05, 0) is 22.4 Å². The molecular formula is C8H10BrNO2S. The van der Waals surface area contributed by atoms with Gasteiger partial charge in [-0.3, -0.25) is 0 Å². The van der Waals surface area contributed by atoms with Gasteiger partial charge in [-0.2, -0.15) is 0 Å². The maximum absolute atomic E-state index is 9.95. The van der Waals surface area contributed by atoms with Gasteiger partial charge in [0.2, 0.25) is 0 Å². The van der Waals surface area contributed by atoms with Crippen LogP contribution in [0, 0.1) is 5.92 Å². The van der Waals surface area contributed by atoms with E-state index in [0.29, 0.717) is 6.61 Å². The van der Waals surface area contributed by atoms with E-state index in [1.54, 1.807) is 5.51 Å². The van der Waals surface area contributed by atoms with Crippen LogP contribution in [0.5, 0.6) is 0 Å². The summed E-state index contributed by atoms with van der Waals surface area (Å²) < 4.78 is 5.99. The second-order valence-corrected chi connectivity index (χ2v) is 4.71. The third kappa shape index (κ3) is 1.93. The van der Waals surface area contributed by atoms with E-state index in [1.807, 2.05) is 0 Å². The van der Waals surface area contributed by atoms with Crippen molar-refractivity contribution in [2.24, 2.45) is 5.92 Å². The summed E-state index contributed by atoms with van der Waals surface area (Å²) in [6.07, 6.45) is 0.510. The highest BCUT2D eigenvalue weighted by Gasteiger charge is 2.27. The SMILES string of the molecule is OC(c1scnc1Br)C1CCOC1. The Morgan fingerprint density at radius 2 is 2.62 bits per heavy atom. The first kappa shape index (κ1) is 9.58. The fourth-order valence-electron chi connectivity index (χ4n) is 1.45. The fourth-order valence-corrected chi connectivity index (χ4v) is 2.96. The zero-order valence-electron chi connectivity index (χ0n) is 6.94. The summed E-state index contributed by atoms with van der Waals surface area (Å²) in [5, 5.41) is 9.95. The lowest BCUT2D eigenvalue weighted by Crippen LogP contribution is -2.11. The van der Waals surface area contributed by atoms with Gasteiger partial charge in [0.25, 0.3) is 0 Å². The Bertz CT molecular complexity index is 285. The van der Waals surface area contributed by atoms with E-state index in [-0.39, 0.29) is 5.92 Å². The molecule has 0 amide bonds. The van der Waals surface area contributed by atoms with E-state index in [0.717, 1.165) is 22.5 Å². The van der Waals surface area contributed by atoms with Crippen LogP contribution >= 0.6 is 27.3 Å². The van der Waals surface area contributed by atoms with Gasteiger partial charge in [0, 0.05) is 12.5 Å². The van der Waals surface area contributed by atoms with Gasteiger partial charge >= 0.3 is 0 Å². The second kappa shape index (κ2) is 4.04. The minimum Gasteiger partial charge on any atom is -0.387 e. The van der Waals surface area contributed by atoms with Crippen molar-refractivity contribution < 1.29 is 9.84 Å². The van der Waals surface area contributed by atoms with Gasteiger partial charge in [0.15, 0.2) is 0 Å². The predicted molar refractivity (Wildman–Crippen MR) is 53.7 cm³/mol. The van der Waals surface area contributed by atoms with Gasteiger partial charge in [-0.15, -0.1) is 11.3 Å². The third-order valence-corrected chi connectivity index (χ3v) is 4.02. The van der Waals surface area contributed by atoms with Crippen molar-refractivity contribution >= 4 is 27.3 Å². The first-order valence-electron chi connectivity index (χ1n) is 4.13. The van der Waals surface area contributed by atoms with Crippen LogP contribution in [0.3, 0.4) is 0 Å². The lowest BCUT2D eigenvalue weighted by molar-refractivity contribution is 0.0938. The van der Waals surface area contributed by atoms with Crippen LogP contribution in [0.1, 0.15) is 17.4 Å². The lowest BCUT2D eigenvalue weighted by atomic mass is 10.0. The van der Waals surface area contributed by atoms with Crippen molar-refractivity contribution in [3.05, 3.63) is 15.0 Å². The Kier molecular flexibility index (Phi) is 2.98. The van der Waals surface area contributed by atoms with Crippen LogP contribution in [0.15, 0.2) is 10.1 Å². The van der Waals surface area contributed by atoms with Crippen LogP contribution in [-0.4, -0.2) is 23.3 Å². The minimum absolute atomic E-state index is 0.233. The summed E-state index contributed by atoms with van der Waals surface area (Å²) in [7, 11) is 0. The molecule has 1 aromatic rings. The summed E-state index contributed by atoms with van der Waals surface area (Å²) in [6, 6.07) is 0. The third-order valence-electron chi connectivity index (χ3n) is 2.23. The largest absolute Gasteiger partial charge is 0.387 e. The summed E-state index contributed by atoms with van der Waals surface area (Å²) in [6.45, 7) is 1.42. The number of aromatic nitrogens is 1. The van der Waals surface area contributed by atoms with E-state index >= 15 is 0 Å². The van der Waals surface area contributed by atoms with Crippen LogP contribution < -0.4 is 0 Å². The molecule has 72 valence electrons. The van der Waals surface area contributed by atoms with Crippen LogP contribution in [0.25, 0.3) is 0 Å². The topological polar surface area (TPSA) is 42.4 Å². The Hall–Kier alpha value is 0.0300. The number of rotatable bonds is 2. The van der Waals surface area contributed by atoms with Crippen molar-refractivity contribution in [3.63, 3.8) is 0 Å². The van der Waals surface area contributed by atoms with Crippen LogP contribution in [-0.2, 0) is 4.74 Å². The van der Waals surface area contributed by atoms with E-state index < -0.39 is 6.10 Å². The van der Waals surface area contributed by atoms with Crippen LogP contribution in [0.4, 0.5) is 0 Å². The average Bonchev–Trinajstić information content (AvgIpc) is 2.72. The molecule has 3 nitrogen and oxygen atoms in total. The summed E-state index contributed by atoms with van der Waals surface area (Å²) >= 11 is 4.79. The smallest absolute Gasteiger partial charge is 0.122 e. The molecule has 5 heteroatoms. The molecule has 1 fully saturated rings. The molecule has 1 aliphatic rings. The van der Waals surface area contributed by atoms with E-state index in [2.05, 4.69) is 20.9 Å². The molecule has 2 atom stereocenters. The first-order chi connectivity index (χ1) is 6.29. The number of hydrogen-bond acceptors (Lipinski definition) is 4. The molecule has 0 radical (unpaired) electrons. The molecule has 0 bridgehead atoms. The van der Waals surface area contributed by atoms with Crippen molar-refractivity contribution in [1.82, 2.24) is 4.98 Å². The Morgan fingerprint density at radius 1 is 1.77 bits per heavy atom. The monoisotopic (exact) mass is 263 g/mol. The maximum Gasteiger partial charge on any atom is 0.122 e. The molecule has 0 saturated carbocycles. The number of ether oxygens (including phenoxy) is 1. The Morgan fingerprint density at radius 3 is 3.15 bits per heavy atom. The normalized spacial score (nSPS) is 24.9. The van der Waals surface area contributed by atoms with Crippen molar-refractivity contribution in [3.8, 4) is 0 Å². The molecule has 1 aromatic heterocycles. The highest BCUT2D eigenvalue weighted by molar-refractivity contribution is 9.10. The number of hydrogen-bond donors (Lipinski definition) is 1. The van der Waals surface area contributed by atoms with Crippen molar-refractivity contribution in [1.29, 1.82) is 0 Å². The molecule has 1 aliphatic heterocycles. The molecule has 13 heavy (non-hydrogen) atoms. The van der Waals surface area contributed by atoms with Crippen molar-refractivity contribution in [2.75, 3.05) is 13.2 Å². The number of halogens is 1. The molecule has 0 aromatic carbocycles. The highest BCUT2D eigenvalue weighted by Crippen LogP contribution is 2.34.